The molecule has 0 aliphatic heterocycles. The molecule has 4 aromatic heterocycles. The molecule has 176 valence electrons. The van der Waals surface area contributed by atoms with Gasteiger partial charge in [-0.05, 0) is 42.5 Å². The van der Waals surface area contributed by atoms with Crippen molar-refractivity contribution < 1.29 is 18.0 Å². The second kappa shape index (κ2) is 8.59. The topological polar surface area (TPSA) is 116 Å². The molecule has 0 unspecified atom stereocenters. The third-order valence-electron chi connectivity index (χ3n) is 5.12. The Morgan fingerprint density at radius 2 is 1.97 bits per heavy atom. The zero-order valence-electron chi connectivity index (χ0n) is 18.1. The van der Waals surface area contributed by atoms with Crippen molar-refractivity contribution in [1.82, 2.24) is 40.0 Å². The van der Waals surface area contributed by atoms with Gasteiger partial charge in [0.05, 0.1) is 41.4 Å². The SMILES string of the molecule is CCn1nnc(-c2cncc(NC(=O)c3cnn(-c4cccc5ncccc45)c3C(F)(F)F)c2)n1. The summed E-state index contributed by atoms with van der Waals surface area (Å²) in [6, 6.07) is 9.49. The first-order valence-electron chi connectivity index (χ1n) is 10.4. The van der Waals surface area contributed by atoms with Crippen LogP contribution >= 0.6 is 0 Å². The maximum atomic E-state index is 14.2. The number of aromatic nitrogens is 8. The zero-order valence-corrected chi connectivity index (χ0v) is 18.1. The molecule has 10 nitrogen and oxygen atoms in total. The van der Waals surface area contributed by atoms with Crippen LogP contribution in [0.3, 0.4) is 0 Å². The van der Waals surface area contributed by atoms with Crippen LogP contribution in [0.5, 0.6) is 0 Å². The van der Waals surface area contributed by atoms with Gasteiger partial charge in [-0.15, -0.1) is 10.2 Å². The summed E-state index contributed by atoms with van der Waals surface area (Å²) in [6.07, 6.45) is 0.328. The number of hydrogen-bond acceptors (Lipinski definition) is 7. The van der Waals surface area contributed by atoms with Crippen LogP contribution in [0.15, 0.2) is 61.2 Å². The summed E-state index contributed by atoms with van der Waals surface area (Å²) in [4.78, 5) is 22.5. The van der Waals surface area contributed by atoms with E-state index >= 15 is 0 Å². The number of pyridine rings is 2. The summed E-state index contributed by atoms with van der Waals surface area (Å²) < 4.78 is 43.2. The number of aryl methyl sites for hydroxylation is 1. The molecule has 1 N–H and O–H groups in total. The highest BCUT2D eigenvalue weighted by Gasteiger charge is 2.41. The summed E-state index contributed by atoms with van der Waals surface area (Å²) >= 11 is 0. The van der Waals surface area contributed by atoms with Gasteiger partial charge in [-0.1, -0.05) is 6.07 Å². The minimum atomic E-state index is -4.86. The molecular weight excluding hydrogens is 463 g/mol. The molecule has 13 heteroatoms. The average molecular weight is 479 g/mol. The normalized spacial score (nSPS) is 11.7. The summed E-state index contributed by atoms with van der Waals surface area (Å²) in [7, 11) is 0. The third-order valence-corrected chi connectivity index (χ3v) is 5.12. The highest BCUT2D eigenvalue weighted by atomic mass is 19.4. The van der Waals surface area contributed by atoms with E-state index in [1.54, 1.807) is 30.5 Å². The number of fused-ring (bicyclic) bond motifs is 1. The molecule has 35 heavy (non-hydrogen) atoms. The first-order valence-corrected chi connectivity index (χ1v) is 10.4. The fourth-order valence-corrected chi connectivity index (χ4v) is 3.56. The Bertz CT molecular complexity index is 1540. The molecule has 0 aliphatic rings. The fraction of sp³-hybridized carbons (Fsp3) is 0.136. The van der Waals surface area contributed by atoms with E-state index in [0.29, 0.717) is 27.7 Å². The van der Waals surface area contributed by atoms with Gasteiger partial charge in [0.2, 0.25) is 5.82 Å². The Morgan fingerprint density at radius 1 is 1.11 bits per heavy atom. The number of alkyl halides is 3. The molecule has 4 heterocycles. The lowest BCUT2D eigenvalue weighted by molar-refractivity contribution is -0.143. The Kier molecular flexibility index (Phi) is 5.43. The maximum absolute atomic E-state index is 14.2. The van der Waals surface area contributed by atoms with E-state index in [1.165, 1.54) is 29.3 Å². The fourth-order valence-electron chi connectivity index (χ4n) is 3.56. The highest BCUT2D eigenvalue weighted by Crippen LogP contribution is 2.35. The highest BCUT2D eigenvalue weighted by molar-refractivity contribution is 6.05. The monoisotopic (exact) mass is 479 g/mol. The molecule has 0 aliphatic carbocycles. The van der Waals surface area contributed by atoms with Crippen LogP contribution in [0.4, 0.5) is 18.9 Å². The standard InChI is InChI=1S/C22H16F3N9O/c1-2-33-31-20(30-32-33)13-9-14(11-26-10-13)29-21(35)16-12-28-34(19(16)22(23,24)25)18-7-3-6-17-15(18)5-4-8-27-17/h3-12H,2H2,1H3,(H,29,35). The number of benzene rings is 1. The van der Waals surface area contributed by atoms with Crippen LogP contribution in [0.2, 0.25) is 0 Å². The minimum absolute atomic E-state index is 0.149. The van der Waals surface area contributed by atoms with E-state index in [9.17, 15) is 18.0 Å². The molecule has 5 rings (SSSR count). The Morgan fingerprint density at radius 3 is 2.74 bits per heavy atom. The first-order chi connectivity index (χ1) is 16.8. The molecule has 1 aromatic carbocycles. The maximum Gasteiger partial charge on any atom is 0.434 e. The second-order valence-corrected chi connectivity index (χ2v) is 7.38. The van der Waals surface area contributed by atoms with Crippen molar-refractivity contribution in [3.63, 3.8) is 0 Å². The predicted octanol–water partition coefficient (Wildman–Crippen LogP) is 3.76. The van der Waals surface area contributed by atoms with Gasteiger partial charge in [0.1, 0.15) is 0 Å². The number of hydrogen-bond donors (Lipinski definition) is 1. The number of rotatable bonds is 5. The zero-order chi connectivity index (χ0) is 24.6. The lowest BCUT2D eigenvalue weighted by Crippen LogP contribution is -2.21. The van der Waals surface area contributed by atoms with Gasteiger partial charge in [-0.2, -0.15) is 23.1 Å². The Labute approximate surface area is 195 Å². The van der Waals surface area contributed by atoms with Crippen molar-refractivity contribution in [3.8, 4) is 17.1 Å². The molecule has 0 saturated heterocycles. The molecule has 0 saturated carbocycles. The molecule has 5 aromatic rings. The summed E-state index contributed by atoms with van der Waals surface area (Å²) in [5, 5.41) is 18.7. The number of carbonyl (C=O) groups excluding carboxylic acids is 1. The van der Waals surface area contributed by atoms with Gasteiger partial charge in [-0.25, -0.2) is 4.68 Å². The number of halogens is 3. The molecule has 0 radical (unpaired) electrons. The predicted molar refractivity (Wildman–Crippen MR) is 119 cm³/mol. The summed E-state index contributed by atoms with van der Waals surface area (Å²) in [5.41, 5.74) is -0.596. The number of amides is 1. The van der Waals surface area contributed by atoms with Crippen molar-refractivity contribution in [2.24, 2.45) is 0 Å². The van der Waals surface area contributed by atoms with Crippen LogP contribution in [-0.4, -0.2) is 45.9 Å². The summed E-state index contributed by atoms with van der Waals surface area (Å²) in [6.45, 7) is 2.35. The van der Waals surface area contributed by atoms with Gasteiger partial charge in [0.25, 0.3) is 5.91 Å². The largest absolute Gasteiger partial charge is 0.434 e. The van der Waals surface area contributed by atoms with Crippen molar-refractivity contribution >= 4 is 22.5 Å². The van der Waals surface area contributed by atoms with Crippen LogP contribution in [0, 0.1) is 0 Å². The number of carbonyl (C=O) groups is 1. The van der Waals surface area contributed by atoms with Crippen LogP contribution in [0.25, 0.3) is 28.0 Å². The van der Waals surface area contributed by atoms with Gasteiger partial charge in [0, 0.05) is 23.3 Å². The minimum Gasteiger partial charge on any atom is -0.320 e. The lowest BCUT2D eigenvalue weighted by Gasteiger charge is -2.14. The van der Waals surface area contributed by atoms with Crippen LogP contribution < -0.4 is 5.32 Å². The number of anilines is 1. The molecule has 0 fully saturated rings. The van der Waals surface area contributed by atoms with Crippen molar-refractivity contribution in [3.05, 3.63) is 72.4 Å². The lowest BCUT2D eigenvalue weighted by atomic mass is 10.1. The van der Waals surface area contributed by atoms with E-state index in [-0.39, 0.29) is 17.2 Å². The smallest absolute Gasteiger partial charge is 0.320 e. The van der Waals surface area contributed by atoms with Gasteiger partial charge in [0.15, 0.2) is 5.69 Å². The van der Waals surface area contributed by atoms with Gasteiger partial charge >= 0.3 is 6.18 Å². The Hall–Kier alpha value is -4.68. The van der Waals surface area contributed by atoms with Crippen LogP contribution in [-0.2, 0) is 12.7 Å². The third kappa shape index (κ3) is 4.18. The van der Waals surface area contributed by atoms with E-state index in [0.717, 1.165) is 6.20 Å². The first kappa shape index (κ1) is 22.1. The van der Waals surface area contributed by atoms with Crippen LogP contribution in [0.1, 0.15) is 23.0 Å². The number of tetrazole rings is 1. The number of nitrogens with zero attached hydrogens (tertiary/aromatic N) is 8. The number of nitrogens with one attached hydrogen (secondary N) is 1. The molecule has 1 amide bonds. The molecule has 0 spiro atoms. The van der Waals surface area contributed by atoms with Crippen molar-refractivity contribution in [1.29, 1.82) is 0 Å². The molecule has 0 atom stereocenters. The average Bonchev–Trinajstić information content (AvgIpc) is 3.51. The van der Waals surface area contributed by atoms with Crippen molar-refractivity contribution in [2.45, 2.75) is 19.6 Å². The molecule has 0 bridgehead atoms. The van der Waals surface area contributed by atoms with Gasteiger partial charge in [-0.3, -0.25) is 14.8 Å². The van der Waals surface area contributed by atoms with Crippen molar-refractivity contribution in [2.75, 3.05) is 5.32 Å². The second-order valence-electron chi connectivity index (χ2n) is 7.38. The summed E-state index contributed by atoms with van der Waals surface area (Å²) in [5.74, 6) is -0.727. The quantitative estimate of drug-likeness (QED) is 0.408. The van der Waals surface area contributed by atoms with E-state index in [4.69, 9.17) is 0 Å². The Balaban J connectivity index is 1.52. The van der Waals surface area contributed by atoms with E-state index in [2.05, 4.69) is 35.8 Å². The van der Waals surface area contributed by atoms with Gasteiger partial charge < -0.3 is 5.32 Å². The van der Waals surface area contributed by atoms with E-state index < -0.39 is 23.3 Å². The molecular formula is C22H16F3N9O. The van der Waals surface area contributed by atoms with E-state index in [1.807, 2.05) is 6.92 Å².